The summed E-state index contributed by atoms with van der Waals surface area (Å²) in [4.78, 5) is 0. The number of piperidine rings is 1. The van der Waals surface area contributed by atoms with Gasteiger partial charge in [0.1, 0.15) is 0 Å². The molecule has 1 aliphatic heterocycles. The molecule has 0 amide bonds. The van der Waals surface area contributed by atoms with Gasteiger partial charge in [-0.15, -0.1) is 0 Å². The van der Waals surface area contributed by atoms with Gasteiger partial charge >= 0.3 is 0 Å². The van der Waals surface area contributed by atoms with Crippen LogP contribution in [0, 0.1) is 23.2 Å². The quantitative estimate of drug-likeness (QED) is 0.716. The fourth-order valence-electron chi connectivity index (χ4n) is 2.19. The van der Waals surface area contributed by atoms with E-state index in [9.17, 15) is 8.42 Å². The molecule has 5 heteroatoms. The van der Waals surface area contributed by atoms with Crippen molar-refractivity contribution in [3.63, 3.8) is 0 Å². The average molecular weight is 230 g/mol. The highest BCUT2D eigenvalue weighted by molar-refractivity contribution is 7.89. The van der Waals surface area contributed by atoms with Crippen LogP contribution in [0.25, 0.3) is 0 Å². The van der Waals surface area contributed by atoms with Crippen molar-refractivity contribution < 1.29 is 8.42 Å². The van der Waals surface area contributed by atoms with Gasteiger partial charge in [-0.25, -0.2) is 8.42 Å². The molecule has 3 unspecified atom stereocenters. The highest BCUT2D eigenvalue weighted by Gasteiger charge is 2.35. The lowest BCUT2D eigenvalue weighted by Crippen LogP contribution is -2.49. The Bertz CT molecular complexity index is 358. The molecular formula is C10H18N2O2S. The van der Waals surface area contributed by atoms with Crippen LogP contribution in [0.15, 0.2) is 0 Å². The lowest BCUT2D eigenvalue weighted by atomic mass is 9.88. The summed E-state index contributed by atoms with van der Waals surface area (Å²) in [5.41, 5.74) is 0. The third-order valence-corrected chi connectivity index (χ3v) is 4.84. The standard InChI is InChI=1S/C10H18N2O2S/c1-8-6-9(2)10(3)12(7-8)15(13,14)5-4-11/h8-10H,5-7H2,1-3H3. The third-order valence-electron chi connectivity index (χ3n) is 3.15. The van der Waals surface area contributed by atoms with E-state index in [4.69, 9.17) is 5.26 Å². The van der Waals surface area contributed by atoms with Crippen LogP contribution in [0.1, 0.15) is 27.2 Å². The number of sulfonamides is 1. The third kappa shape index (κ3) is 2.70. The van der Waals surface area contributed by atoms with Crippen LogP contribution in [0.2, 0.25) is 0 Å². The largest absolute Gasteiger partial charge is 0.227 e. The normalized spacial score (nSPS) is 33.6. The molecule has 0 spiro atoms. The SMILES string of the molecule is CC1CC(C)C(C)N(S(=O)(=O)CC#N)C1. The summed E-state index contributed by atoms with van der Waals surface area (Å²) in [7, 11) is -3.38. The first kappa shape index (κ1) is 12.5. The fraction of sp³-hybridized carbons (Fsp3) is 0.900. The molecule has 1 fully saturated rings. The van der Waals surface area contributed by atoms with Crippen molar-refractivity contribution in [2.24, 2.45) is 11.8 Å². The molecule has 0 bridgehead atoms. The van der Waals surface area contributed by atoms with Crippen LogP contribution in [0.4, 0.5) is 0 Å². The van der Waals surface area contributed by atoms with E-state index in [2.05, 4.69) is 13.8 Å². The number of nitrogens with zero attached hydrogens (tertiary/aromatic N) is 2. The summed E-state index contributed by atoms with van der Waals surface area (Å²) in [6, 6.07) is 1.74. The van der Waals surface area contributed by atoms with Crippen molar-refractivity contribution >= 4 is 10.0 Å². The molecule has 1 aliphatic rings. The van der Waals surface area contributed by atoms with E-state index in [1.165, 1.54) is 4.31 Å². The zero-order chi connectivity index (χ0) is 11.6. The zero-order valence-electron chi connectivity index (χ0n) is 9.47. The highest BCUT2D eigenvalue weighted by Crippen LogP contribution is 2.28. The van der Waals surface area contributed by atoms with Crippen molar-refractivity contribution in [2.75, 3.05) is 12.3 Å². The lowest BCUT2D eigenvalue weighted by Gasteiger charge is -2.39. The van der Waals surface area contributed by atoms with Gasteiger partial charge in [0.05, 0.1) is 6.07 Å². The summed E-state index contributed by atoms with van der Waals surface area (Å²) < 4.78 is 25.1. The maximum absolute atomic E-state index is 11.8. The van der Waals surface area contributed by atoms with Gasteiger partial charge in [-0.3, -0.25) is 0 Å². The van der Waals surface area contributed by atoms with E-state index in [0.29, 0.717) is 18.4 Å². The Kier molecular flexibility index (Phi) is 3.74. The molecule has 0 aromatic carbocycles. The Morgan fingerprint density at radius 1 is 1.40 bits per heavy atom. The van der Waals surface area contributed by atoms with E-state index in [1.807, 2.05) is 6.92 Å². The maximum Gasteiger partial charge on any atom is 0.227 e. The molecule has 1 heterocycles. The minimum atomic E-state index is -3.38. The van der Waals surface area contributed by atoms with Crippen LogP contribution >= 0.6 is 0 Å². The van der Waals surface area contributed by atoms with E-state index < -0.39 is 15.8 Å². The predicted molar refractivity (Wildman–Crippen MR) is 58.5 cm³/mol. The topological polar surface area (TPSA) is 61.2 Å². The molecule has 86 valence electrons. The van der Waals surface area contributed by atoms with Gasteiger partial charge in [0.15, 0.2) is 5.75 Å². The van der Waals surface area contributed by atoms with E-state index >= 15 is 0 Å². The molecule has 0 aromatic heterocycles. The van der Waals surface area contributed by atoms with E-state index in [1.54, 1.807) is 6.07 Å². The summed E-state index contributed by atoms with van der Waals surface area (Å²) >= 11 is 0. The second kappa shape index (κ2) is 4.50. The second-order valence-corrected chi connectivity index (χ2v) is 6.46. The summed E-state index contributed by atoms with van der Waals surface area (Å²) in [5, 5.41) is 8.49. The predicted octanol–water partition coefficient (Wildman–Crippen LogP) is 1.21. The van der Waals surface area contributed by atoms with Gasteiger partial charge in [-0.2, -0.15) is 9.57 Å². The van der Waals surface area contributed by atoms with Crippen LogP contribution in [-0.4, -0.2) is 31.1 Å². The Labute approximate surface area is 91.9 Å². The van der Waals surface area contributed by atoms with E-state index in [0.717, 1.165) is 6.42 Å². The molecular weight excluding hydrogens is 212 g/mol. The smallest absolute Gasteiger partial charge is 0.211 e. The van der Waals surface area contributed by atoms with Gasteiger partial charge in [-0.1, -0.05) is 13.8 Å². The Hall–Kier alpha value is -0.600. The maximum atomic E-state index is 11.8. The van der Waals surface area contributed by atoms with Gasteiger partial charge < -0.3 is 0 Å². The number of hydrogen-bond donors (Lipinski definition) is 0. The van der Waals surface area contributed by atoms with Crippen LogP contribution < -0.4 is 0 Å². The minimum absolute atomic E-state index is 0.0135. The summed E-state index contributed by atoms with van der Waals surface area (Å²) in [5.74, 6) is 0.337. The Morgan fingerprint density at radius 2 is 2.00 bits per heavy atom. The van der Waals surface area contributed by atoms with Gasteiger partial charge in [0.25, 0.3) is 0 Å². The van der Waals surface area contributed by atoms with Crippen molar-refractivity contribution in [3.05, 3.63) is 0 Å². The van der Waals surface area contributed by atoms with Crippen LogP contribution in [-0.2, 0) is 10.0 Å². The molecule has 0 radical (unpaired) electrons. The first-order valence-corrected chi connectivity index (χ1v) is 6.86. The Morgan fingerprint density at radius 3 is 2.53 bits per heavy atom. The molecule has 1 rings (SSSR count). The molecule has 0 saturated carbocycles. The first-order chi connectivity index (χ1) is 6.88. The van der Waals surface area contributed by atoms with Crippen LogP contribution in [0.3, 0.4) is 0 Å². The molecule has 1 saturated heterocycles. The first-order valence-electron chi connectivity index (χ1n) is 5.25. The summed E-state index contributed by atoms with van der Waals surface area (Å²) in [6.45, 7) is 6.59. The second-order valence-electron chi connectivity index (χ2n) is 4.54. The Balaban J connectivity index is 2.89. The number of hydrogen-bond acceptors (Lipinski definition) is 3. The molecule has 0 N–H and O–H groups in total. The zero-order valence-corrected chi connectivity index (χ0v) is 10.3. The lowest BCUT2D eigenvalue weighted by molar-refractivity contribution is 0.158. The van der Waals surface area contributed by atoms with E-state index in [-0.39, 0.29) is 6.04 Å². The average Bonchev–Trinajstić information content (AvgIpc) is 2.11. The monoisotopic (exact) mass is 230 g/mol. The number of rotatable bonds is 2. The van der Waals surface area contributed by atoms with Crippen molar-refractivity contribution in [1.82, 2.24) is 4.31 Å². The number of nitriles is 1. The van der Waals surface area contributed by atoms with Crippen molar-refractivity contribution in [2.45, 2.75) is 33.2 Å². The summed E-state index contributed by atoms with van der Waals surface area (Å²) in [6.07, 6.45) is 1.06. The minimum Gasteiger partial charge on any atom is -0.211 e. The van der Waals surface area contributed by atoms with Gasteiger partial charge in [0.2, 0.25) is 10.0 Å². The molecule has 0 aliphatic carbocycles. The fourth-order valence-corrected chi connectivity index (χ4v) is 3.72. The van der Waals surface area contributed by atoms with Crippen molar-refractivity contribution in [1.29, 1.82) is 5.26 Å². The highest BCUT2D eigenvalue weighted by atomic mass is 32.2. The van der Waals surface area contributed by atoms with Gasteiger partial charge in [0, 0.05) is 12.6 Å². The molecule has 15 heavy (non-hydrogen) atoms. The van der Waals surface area contributed by atoms with Crippen LogP contribution in [0.5, 0.6) is 0 Å². The van der Waals surface area contributed by atoms with Crippen molar-refractivity contribution in [3.8, 4) is 6.07 Å². The molecule has 0 aromatic rings. The molecule has 3 atom stereocenters. The molecule has 4 nitrogen and oxygen atoms in total. The van der Waals surface area contributed by atoms with Gasteiger partial charge in [-0.05, 0) is 25.2 Å².